The zero-order valence-corrected chi connectivity index (χ0v) is 7.64. The summed E-state index contributed by atoms with van der Waals surface area (Å²) in [6.07, 6.45) is 3.27. The van der Waals surface area contributed by atoms with Crippen LogP contribution in [0.15, 0.2) is 0 Å². The number of ketones is 1. The number of carbonyl (C=O) groups is 1. The summed E-state index contributed by atoms with van der Waals surface area (Å²) in [5.74, 6) is -0.213. The lowest BCUT2D eigenvalue weighted by Crippen LogP contribution is -2.34. The minimum Gasteiger partial charge on any atom is -0.298 e. The predicted molar refractivity (Wildman–Crippen MR) is 45.0 cm³/mol. The summed E-state index contributed by atoms with van der Waals surface area (Å²) in [6, 6.07) is 0. The van der Waals surface area contributed by atoms with E-state index in [4.69, 9.17) is 5.14 Å². The van der Waals surface area contributed by atoms with Crippen LogP contribution < -0.4 is 5.14 Å². The Bertz CT molecular complexity index is 270. The molecular weight excluding hydrogens is 178 g/mol. The Morgan fingerprint density at radius 2 is 1.92 bits per heavy atom. The smallest absolute Gasteiger partial charge is 0.219 e. The number of primary sulfonamides is 1. The highest BCUT2D eigenvalue weighted by molar-refractivity contribution is 7.90. The van der Waals surface area contributed by atoms with Crippen LogP contribution in [-0.2, 0) is 14.8 Å². The maximum absolute atomic E-state index is 11.2. The van der Waals surface area contributed by atoms with Crippen LogP contribution in [0.4, 0.5) is 0 Å². The van der Waals surface area contributed by atoms with Gasteiger partial charge in [-0.1, -0.05) is 12.8 Å². The molecule has 1 unspecified atom stereocenters. The van der Waals surface area contributed by atoms with Crippen LogP contribution in [0.3, 0.4) is 0 Å². The molecule has 0 aromatic carbocycles. The Hall–Kier alpha value is -0.420. The SMILES string of the molecule is NS(=O)(=O)C1CCCCCC1=O. The first-order chi connectivity index (χ1) is 5.52. The lowest BCUT2D eigenvalue weighted by atomic mass is 10.2. The number of sulfonamides is 1. The van der Waals surface area contributed by atoms with E-state index in [1.807, 2.05) is 0 Å². The van der Waals surface area contributed by atoms with E-state index in [0.29, 0.717) is 12.8 Å². The van der Waals surface area contributed by atoms with Gasteiger partial charge in [-0.05, 0) is 12.8 Å². The van der Waals surface area contributed by atoms with Gasteiger partial charge < -0.3 is 0 Å². The fourth-order valence-corrected chi connectivity index (χ4v) is 2.45. The molecule has 5 heteroatoms. The van der Waals surface area contributed by atoms with Gasteiger partial charge in [-0.2, -0.15) is 0 Å². The minimum absolute atomic E-state index is 0.213. The molecule has 1 aliphatic rings. The normalized spacial score (nSPS) is 26.8. The molecule has 0 aliphatic heterocycles. The van der Waals surface area contributed by atoms with Gasteiger partial charge >= 0.3 is 0 Å². The number of hydrogen-bond donors (Lipinski definition) is 1. The fraction of sp³-hybridized carbons (Fsp3) is 0.857. The number of carbonyl (C=O) groups excluding carboxylic acids is 1. The van der Waals surface area contributed by atoms with Gasteiger partial charge in [-0.3, -0.25) is 4.79 Å². The van der Waals surface area contributed by atoms with Crippen molar-refractivity contribution >= 4 is 15.8 Å². The van der Waals surface area contributed by atoms with E-state index in [9.17, 15) is 13.2 Å². The molecule has 0 spiro atoms. The molecule has 0 saturated heterocycles. The highest BCUT2D eigenvalue weighted by Gasteiger charge is 2.29. The minimum atomic E-state index is -3.65. The maximum atomic E-state index is 11.2. The van der Waals surface area contributed by atoms with Crippen molar-refractivity contribution in [2.24, 2.45) is 5.14 Å². The third-order valence-electron chi connectivity index (χ3n) is 2.15. The van der Waals surface area contributed by atoms with Crippen LogP contribution in [0.25, 0.3) is 0 Å². The summed E-state index contributed by atoms with van der Waals surface area (Å²) < 4.78 is 21.8. The molecule has 1 fully saturated rings. The van der Waals surface area contributed by atoms with Gasteiger partial charge in [0.05, 0.1) is 0 Å². The van der Waals surface area contributed by atoms with Crippen LogP contribution in [0.1, 0.15) is 32.1 Å². The van der Waals surface area contributed by atoms with Crippen LogP contribution >= 0.6 is 0 Å². The first kappa shape index (κ1) is 9.67. The number of nitrogens with two attached hydrogens (primary N) is 1. The molecule has 1 saturated carbocycles. The van der Waals surface area contributed by atoms with Gasteiger partial charge in [0.1, 0.15) is 5.25 Å². The summed E-state index contributed by atoms with van der Waals surface area (Å²) in [4.78, 5) is 11.2. The second-order valence-electron chi connectivity index (χ2n) is 3.14. The zero-order valence-electron chi connectivity index (χ0n) is 6.82. The van der Waals surface area contributed by atoms with Crippen molar-refractivity contribution in [2.45, 2.75) is 37.4 Å². The van der Waals surface area contributed by atoms with E-state index >= 15 is 0 Å². The lowest BCUT2D eigenvalue weighted by Gasteiger charge is -2.08. The molecule has 1 atom stereocenters. The highest BCUT2D eigenvalue weighted by atomic mass is 32.2. The van der Waals surface area contributed by atoms with Crippen molar-refractivity contribution in [3.63, 3.8) is 0 Å². The maximum Gasteiger partial charge on any atom is 0.219 e. The molecule has 1 rings (SSSR count). The molecule has 0 amide bonds. The van der Waals surface area contributed by atoms with Gasteiger partial charge in [-0.25, -0.2) is 13.6 Å². The van der Waals surface area contributed by atoms with E-state index in [0.717, 1.165) is 19.3 Å². The lowest BCUT2D eigenvalue weighted by molar-refractivity contribution is -0.118. The second kappa shape index (κ2) is 3.53. The largest absolute Gasteiger partial charge is 0.298 e. The average Bonchev–Trinajstić information content (AvgIpc) is 2.11. The number of Topliss-reactive ketones (excluding diaryl/α,β-unsaturated/α-hetero) is 1. The van der Waals surface area contributed by atoms with Crippen molar-refractivity contribution in [3.05, 3.63) is 0 Å². The molecule has 1 aliphatic carbocycles. The van der Waals surface area contributed by atoms with Crippen LogP contribution in [0, 0.1) is 0 Å². The van der Waals surface area contributed by atoms with E-state index in [1.54, 1.807) is 0 Å². The fourth-order valence-electron chi connectivity index (χ4n) is 1.48. The summed E-state index contributed by atoms with van der Waals surface area (Å²) in [5.41, 5.74) is 0. The first-order valence-electron chi connectivity index (χ1n) is 4.06. The van der Waals surface area contributed by atoms with Crippen molar-refractivity contribution in [1.29, 1.82) is 0 Å². The molecule has 12 heavy (non-hydrogen) atoms. The topological polar surface area (TPSA) is 77.2 Å². The van der Waals surface area contributed by atoms with Crippen molar-refractivity contribution in [3.8, 4) is 0 Å². The summed E-state index contributed by atoms with van der Waals surface area (Å²) in [7, 11) is -3.65. The number of rotatable bonds is 1. The Morgan fingerprint density at radius 1 is 1.25 bits per heavy atom. The second-order valence-corrected chi connectivity index (χ2v) is 4.89. The summed E-state index contributed by atoms with van der Waals surface area (Å²) in [6.45, 7) is 0. The average molecular weight is 191 g/mol. The van der Waals surface area contributed by atoms with Gasteiger partial charge in [0.2, 0.25) is 10.0 Å². The van der Waals surface area contributed by atoms with E-state index in [-0.39, 0.29) is 5.78 Å². The molecule has 0 aromatic heterocycles. The van der Waals surface area contributed by atoms with E-state index < -0.39 is 15.3 Å². The van der Waals surface area contributed by atoms with Gasteiger partial charge in [0, 0.05) is 6.42 Å². The Morgan fingerprint density at radius 3 is 2.50 bits per heavy atom. The molecule has 70 valence electrons. The molecular formula is C7H13NO3S. The molecule has 0 heterocycles. The van der Waals surface area contributed by atoms with Crippen molar-refractivity contribution < 1.29 is 13.2 Å². The van der Waals surface area contributed by atoms with Gasteiger partial charge in [0.25, 0.3) is 0 Å². The molecule has 2 N–H and O–H groups in total. The van der Waals surface area contributed by atoms with Crippen molar-refractivity contribution in [2.75, 3.05) is 0 Å². The van der Waals surface area contributed by atoms with Gasteiger partial charge in [0.15, 0.2) is 5.78 Å². The number of hydrogen-bond acceptors (Lipinski definition) is 3. The third kappa shape index (κ3) is 2.28. The van der Waals surface area contributed by atoms with Crippen molar-refractivity contribution in [1.82, 2.24) is 0 Å². The first-order valence-corrected chi connectivity index (χ1v) is 5.67. The molecule has 4 nitrogen and oxygen atoms in total. The molecule has 0 aromatic rings. The highest BCUT2D eigenvalue weighted by Crippen LogP contribution is 2.18. The van der Waals surface area contributed by atoms with Gasteiger partial charge in [-0.15, -0.1) is 0 Å². The standard InChI is InChI=1S/C7H13NO3S/c8-12(10,11)7-5-3-1-2-4-6(7)9/h7H,1-5H2,(H2,8,10,11). The quantitative estimate of drug-likeness (QED) is 0.600. The zero-order chi connectivity index (χ0) is 9.19. The van der Waals surface area contributed by atoms with E-state index in [1.165, 1.54) is 0 Å². The Kier molecular flexibility index (Phi) is 2.85. The molecule has 0 bridgehead atoms. The van der Waals surface area contributed by atoms with E-state index in [2.05, 4.69) is 0 Å². The summed E-state index contributed by atoms with van der Waals surface area (Å²) >= 11 is 0. The Labute approximate surface area is 72.2 Å². The molecule has 0 radical (unpaired) electrons. The predicted octanol–water partition coefficient (Wildman–Crippen LogP) is 0.177. The third-order valence-corrected chi connectivity index (χ3v) is 3.44. The monoisotopic (exact) mass is 191 g/mol. The van der Waals surface area contributed by atoms with Crippen LogP contribution in [0.5, 0.6) is 0 Å². The Balaban J connectivity index is 2.80. The summed E-state index contributed by atoms with van der Waals surface area (Å²) in [5, 5.41) is 3.99. The van der Waals surface area contributed by atoms with Crippen LogP contribution in [-0.4, -0.2) is 19.5 Å². The van der Waals surface area contributed by atoms with Crippen LogP contribution in [0.2, 0.25) is 0 Å².